The second-order valence-corrected chi connectivity index (χ2v) is 4.20. The minimum atomic E-state index is -0.672. The standard InChI is InChI=1S/C13H17N3O2/c1-2-3-4-7-11(17)13-16-15-12(18-13)10-6-5-8-14-9-10/h5-6,8-9,11,17H,2-4,7H2,1H3. The van der Waals surface area contributed by atoms with Crippen LogP contribution in [0.25, 0.3) is 11.5 Å². The van der Waals surface area contributed by atoms with E-state index in [4.69, 9.17) is 4.42 Å². The van der Waals surface area contributed by atoms with E-state index in [1.165, 1.54) is 0 Å². The topological polar surface area (TPSA) is 72.0 Å². The van der Waals surface area contributed by atoms with Crippen molar-refractivity contribution >= 4 is 0 Å². The van der Waals surface area contributed by atoms with Crippen LogP contribution >= 0.6 is 0 Å². The molecule has 1 atom stereocenters. The molecule has 96 valence electrons. The third-order valence-corrected chi connectivity index (χ3v) is 2.72. The maximum absolute atomic E-state index is 9.90. The van der Waals surface area contributed by atoms with Crippen LogP contribution in [-0.2, 0) is 0 Å². The fourth-order valence-corrected chi connectivity index (χ4v) is 1.69. The minimum absolute atomic E-state index is 0.282. The molecule has 0 radical (unpaired) electrons. The lowest BCUT2D eigenvalue weighted by atomic mass is 10.1. The van der Waals surface area contributed by atoms with Crippen molar-refractivity contribution in [3.63, 3.8) is 0 Å². The highest BCUT2D eigenvalue weighted by Gasteiger charge is 2.16. The zero-order valence-corrected chi connectivity index (χ0v) is 10.4. The highest BCUT2D eigenvalue weighted by Crippen LogP contribution is 2.22. The van der Waals surface area contributed by atoms with Crippen LogP contribution in [0.3, 0.4) is 0 Å². The van der Waals surface area contributed by atoms with Crippen molar-refractivity contribution in [3.8, 4) is 11.5 Å². The Labute approximate surface area is 106 Å². The van der Waals surface area contributed by atoms with E-state index in [0.29, 0.717) is 12.3 Å². The number of rotatable bonds is 6. The number of hydrogen-bond donors (Lipinski definition) is 1. The van der Waals surface area contributed by atoms with Gasteiger partial charge >= 0.3 is 0 Å². The quantitative estimate of drug-likeness (QED) is 0.794. The third kappa shape index (κ3) is 3.13. The van der Waals surface area contributed by atoms with E-state index in [2.05, 4.69) is 22.1 Å². The van der Waals surface area contributed by atoms with Gasteiger partial charge in [0.15, 0.2) is 0 Å². The van der Waals surface area contributed by atoms with E-state index in [9.17, 15) is 5.11 Å². The largest absolute Gasteiger partial charge is 0.418 e. The third-order valence-electron chi connectivity index (χ3n) is 2.72. The van der Waals surface area contributed by atoms with Crippen molar-refractivity contribution in [2.75, 3.05) is 0 Å². The molecule has 2 aromatic rings. The van der Waals surface area contributed by atoms with Crippen LogP contribution in [0, 0.1) is 0 Å². The minimum Gasteiger partial charge on any atom is -0.418 e. The molecule has 1 N–H and O–H groups in total. The lowest BCUT2D eigenvalue weighted by Crippen LogP contribution is -1.97. The number of aliphatic hydroxyl groups is 1. The predicted molar refractivity (Wildman–Crippen MR) is 66.6 cm³/mol. The Kier molecular flexibility index (Phi) is 4.41. The molecule has 5 nitrogen and oxygen atoms in total. The second-order valence-electron chi connectivity index (χ2n) is 4.20. The first-order chi connectivity index (χ1) is 8.81. The molecule has 0 amide bonds. The summed E-state index contributed by atoms with van der Waals surface area (Å²) in [5.41, 5.74) is 0.761. The molecule has 0 bridgehead atoms. The van der Waals surface area contributed by atoms with E-state index >= 15 is 0 Å². The Morgan fingerprint density at radius 2 is 2.22 bits per heavy atom. The van der Waals surface area contributed by atoms with Gasteiger partial charge in [-0.25, -0.2) is 0 Å². The van der Waals surface area contributed by atoms with Gasteiger partial charge in [-0.05, 0) is 18.6 Å². The smallest absolute Gasteiger partial charge is 0.249 e. The van der Waals surface area contributed by atoms with E-state index in [-0.39, 0.29) is 5.89 Å². The molecule has 0 aliphatic rings. The van der Waals surface area contributed by atoms with E-state index in [1.807, 2.05) is 6.07 Å². The first-order valence-corrected chi connectivity index (χ1v) is 6.23. The number of hydrogen-bond acceptors (Lipinski definition) is 5. The van der Waals surface area contributed by atoms with Crippen LogP contribution in [-0.4, -0.2) is 20.3 Å². The van der Waals surface area contributed by atoms with Gasteiger partial charge in [0.2, 0.25) is 11.8 Å². The molecule has 0 aromatic carbocycles. The molecule has 2 aromatic heterocycles. The van der Waals surface area contributed by atoms with E-state index < -0.39 is 6.10 Å². The molecule has 18 heavy (non-hydrogen) atoms. The summed E-state index contributed by atoms with van der Waals surface area (Å²) < 4.78 is 5.45. The normalized spacial score (nSPS) is 12.6. The van der Waals surface area contributed by atoms with Gasteiger partial charge in [-0.2, -0.15) is 0 Å². The summed E-state index contributed by atoms with van der Waals surface area (Å²) in [6, 6.07) is 3.64. The van der Waals surface area contributed by atoms with Crippen LogP contribution in [0.1, 0.15) is 44.6 Å². The maximum atomic E-state index is 9.90. The fourth-order valence-electron chi connectivity index (χ4n) is 1.69. The summed E-state index contributed by atoms with van der Waals surface area (Å²) in [6.45, 7) is 2.12. The van der Waals surface area contributed by atoms with Crippen molar-refractivity contribution in [2.24, 2.45) is 0 Å². The SMILES string of the molecule is CCCCCC(O)c1nnc(-c2cccnc2)o1. The van der Waals surface area contributed by atoms with Gasteiger partial charge in [-0.1, -0.05) is 26.2 Å². The summed E-state index contributed by atoms with van der Waals surface area (Å²) in [7, 11) is 0. The van der Waals surface area contributed by atoms with Crippen molar-refractivity contribution < 1.29 is 9.52 Å². The lowest BCUT2D eigenvalue weighted by Gasteiger charge is -2.04. The van der Waals surface area contributed by atoms with Crippen molar-refractivity contribution in [1.29, 1.82) is 0 Å². The molecule has 0 saturated carbocycles. The molecule has 1 unspecified atom stereocenters. The van der Waals surface area contributed by atoms with Gasteiger partial charge in [-0.3, -0.25) is 4.98 Å². The average molecular weight is 247 g/mol. The number of aromatic nitrogens is 3. The van der Waals surface area contributed by atoms with Gasteiger partial charge in [0.1, 0.15) is 6.10 Å². The zero-order valence-electron chi connectivity index (χ0n) is 10.4. The zero-order chi connectivity index (χ0) is 12.8. The van der Waals surface area contributed by atoms with Crippen molar-refractivity contribution in [1.82, 2.24) is 15.2 Å². The lowest BCUT2D eigenvalue weighted by molar-refractivity contribution is 0.131. The van der Waals surface area contributed by atoms with Gasteiger partial charge in [-0.15, -0.1) is 10.2 Å². The van der Waals surface area contributed by atoms with Gasteiger partial charge < -0.3 is 9.52 Å². The Balaban J connectivity index is 2.02. The summed E-state index contributed by atoms with van der Waals surface area (Å²) in [6.07, 6.45) is 6.50. The van der Waals surface area contributed by atoms with Crippen LogP contribution < -0.4 is 0 Å². The molecular weight excluding hydrogens is 230 g/mol. The first kappa shape index (κ1) is 12.7. The Morgan fingerprint density at radius 3 is 2.94 bits per heavy atom. The Bertz CT molecular complexity index is 470. The summed E-state index contributed by atoms with van der Waals surface area (Å²) in [5, 5.41) is 17.7. The second kappa shape index (κ2) is 6.26. The predicted octanol–water partition coefficient (Wildman–Crippen LogP) is 2.75. The summed E-state index contributed by atoms with van der Waals surface area (Å²) in [4.78, 5) is 3.99. The maximum Gasteiger partial charge on any atom is 0.249 e. The first-order valence-electron chi connectivity index (χ1n) is 6.23. The number of nitrogens with zero attached hydrogens (tertiary/aromatic N) is 3. The summed E-state index contributed by atoms with van der Waals surface area (Å²) >= 11 is 0. The molecular formula is C13H17N3O2. The Hall–Kier alpha value is -1.75. The highest BCUT2D eigenvalue weighted by atomic mass is 16.4. The van der Waals surface area contributed by atoms with E-state index in [1.54, 1.807) is 18.5 Å². The highest BCUT2D eigenvalue weighted by molar-refractivity contribution is 5.49. The van der Waals surface area contributed by atoms with Crippen LogP contribution in [0.4, 0.5) is 0 Å². The molecule has 0 spiro atoms. The van der Waals surface area contributed by atoms with Crippen molar-refractivity contribution in [2.45, 2.75) is 38.7 Å². The Morgan fingerprint density at radius 1 is 1.33 bits per heavy atom. The van der Waals surface area contributed by atoms with Gasteiger partial charge in [0.05, 0.1) is 5.56 Å². The van der Waals surface area contributed by atoms with Crippen LogP contribution in [0.2, 0.25) is 0 Å². The summed E-state index contributed by atoms with van der Waals surface area (Å²) in [5.74, 6) is 0.678. The number of pyridine rings is 1. The van der Waals surface area contributed by atoms with Crippen LogP contribution in [0.5, 0.6) is 0 Å². The molecule has 2 heterocycles. The molecule has 5 heteroatoms. The number of unbranched alkanes of at least 4 members (excludes halogenated alkanes) is 2. The van der Waals surface area contributed by atoms with Crippen LogP contribution in [0.15, 0.2) is 28.9 Å². The molecule has 0 saturated heterocycles. The van der Waals surface area contributed by atoms with Gasteiger partial charge in [0.25, 0.3) is 0 Å². The molecule has 0 fully saturated rings. The molecule has 0 aliphatic heterocycles. The molecule has 0 aliphatic carbocycles. The average Bonchev–Trinajstić information content (AvgIpc) is 2.89. The van der Waals surface area contributed by atoms with Gasteiger partial charge in [0, 0.05) is 12.4 Å². The fraction of sp³-hybridized carbons (Fsp3) is 0.462. The monoisotopic (exact) mass is 247 g/mol. The van der Waals surface area contributed by atoms with Crippen molar-refractivity contribution in [3.05, 3.63) is 30.4 Å². The van der Waals surface area contributed by atoms with E-state index in [0.717, 1.165) is 24.8 Å². The number of aliphatic hydroxyl groups excluding tert-OH is 1. The molecule has 2 rings (SSSR count).